The molecule has 2 amide bonds. The molecule has 2 aliphatic rings. The predicted octanol–water partition coefficient (Wildman–Crippen LogP) is 5.64. The van der Waals surface area contributed by atoms with Crippen molar-refractivity contribution in [1.82, 2.24) is 4.98 Å². The lowest BCUT2D eigenvalue weighted by atomic mass is 10.1. The zero-order valence-electron chi connectivity index (χ0n) is 22.4. The van der Waals surface area contributed by atoms with Gasteiger partial charge in [-0.15, -0.1) is 11.3 Å². The number of aromatic nitrogens is 1. The standard InChI is InChI=1S/C31H30FN5O2S/c1-18-7-5-9-23(32)28(18)35-30(38)26-16-20-13-14-36(25-11-4-3-8-22(25)29(20)40-26)31(39)24-10-6-12-27(34-24)37-17-21(33)15-19(37)2/h3-12,16,19,21H,13-15,17,33H2,1-2H3,(H,35,38)/t19-,21-/m0/s1. The molecule has 6 rings (SSSR count). The van der Waals surface area contributed by atoms with Crippen molar-refractivity contribution in [3.05, 3.63) is 94.2 Å². The van der Waals surface area contributed by atoms with Crippen LogP contribution in [0.3, 0.4) is 0 Å². The lowest BCUT2D eigenvalue weighted by molar-refractivity contribution is 0.0981. The molecular formula is C31H30FN5O2S. The number of nitrogens with two attached hydrogens (primary N) is 1. The molecular weight excluding hydrogens is 525 g/mol. The largest absolute Gasteiger partial charge is 0.352 e. The molecule has 2 aromatic heterocycles. The molecule has 0 bridgehead atoms. The number of nitrogens with zero attached hydrogens (tertiary/aromatic N) is 3. The number of rotatable bonds is 4. The van der Waals surface area contributed by atoms with Gasteiger partial charge in [-0.05, 0) is 68.1 Å². The molecule has 0 unspecified atom stereocenters. The normalized spacial score (nSPS) is 18.2. The quantitative estimate of drug-likeness (QED) is 0.340. The first-order valence-corrected chi connectivity index (χ1v) is 14.2. The Morgan fingerprint density at radius 2 is 1.90 bits per heavy atom. The number of halogens is 1. The van der Waals surface area contributed by atoms with Gasteiger partial charge in [0.25, 0.3) is 11.8 Å². The molecule has 40 heavy (non-hydrogen) atoms. The van der Waals surface area contributed by atoms with Crippen molar-refractivity contribution in [2.45, 2.75) is 38.8 Å². The summed E-state index contributed by atoms with van der Waals surface area (Å²) in [6.45, 7) is 5.03. The summed E-state index contributed by atoms with van der Waals surface area (Å²) in [5.41, 5.74) is 10.0. The Morgan fingerprint density at radius 1 is 1.10 bits per heavy atom. The lowest BCUT2D eigenvalue weighted by Crippen LogP contribution is -2.34. The minimum absolute atomic E-state index is 0.0929. The Labute approximate surface area is 236 Å². The number of fused-ring (bicyclic) bond motifs is 3. The van der Waals surface area contributed by atoms with Gasteiger partial charge in [0.2, 0.25) is 0 Å². The van der Waals surface area contributed by atoms with Crippen molar-refractivity contribution in [2.75, 3.05) is 28.2 Å². The van der Waals surface area contributed by atoms with Gasteiger partial charge in [0.1, 0.15) is 17.3 Å². The van der Waals surface area contributed by atoms with E-state index < -0.39 is 5.82 Å². The molecule has 2 aromatic carbocycles. The summed E-state index contributed by atoms with van der Waals surface area (Å²) in [5.74, 6) is -0.234. The van der Waals surface area contributed by atoms with E-state index in [2.05, 4.69) is 17.1 Å². The number of benzene rings is 2. The molecule has 0 saturated carbocycles. The van der Waals surface area contributed by atoms with E-state index >= 15 is 0 Å². The van der Waals surface area contributed by atoms with Crippen LogP contribution < -0.4 is 20.9 Å². The number of hydrogen-bond acceptors (Lipinski definition) is 6. The van der Waals surface area contributed by atoms with Crippen LogP contribution in [0.5, 0.6) is 0 Å². The minimum Gasteiger partial charge on any atom is -0.352 e. The highest BCUT2D eigenvalue weighted by Crippen LogP contribution is 2.42. The smallest absolute Gasteiger partial charge is 0.276 e. The summed E-state index contributed by atoms with van der Waals surface area (Å²) in [6, 6.07) is 20.2. The van der Waals surface area contributed by atoms with E-state index in [1.165, 1.54) is 17.4 Å². The van der Waals surface area contributed by atoms with Crippen LogP contribution in [-0.4, -0.2) is 42.0 Å². The van der Waals surface area contributed by atoms with Crippen LogP contribution in [0.2, 0.25) is 0 Å². The number of anilines is 3. The van der Waals surface area contributed by atoms with E-state index in [0.29, 0.717) is 35.6 Å². The highest BCUT2D eigenvalue weighted by atomic mass is 32.1. The summed E-state index contributed by atoms with van der Waals surface area (Å²) in [7, 11) is 0. The van der Waals surface area contributed by atoms with Gasteiger partial charge in [-0.2, -0.15) is 0 Å². The fourth-order valence-electron chi connectivity index (χ4n) is 5.62. The third kappa shape index (κ3) is 4.76. The van der Waals surface area contributed by atoms with Crippen molar-refractivity contribution in [1.29, 1.82) is 0 Å². The van der Waals surface area contributed by atoms with E-state index in [9.17, 15) is 14.0 Å². The first-order chi connectivity index (χ1) is 19.3. The van der Waals surface area contributed by atoms with E-state index in [0.717, 1.165) is 33.9 Å². The molecule has 2 aliphatic heterocycles. The van der Waals surface area contributed by atoms with Gasteiger partial charge in [-0.1, -0.05) is 36.4 Å². The molecule has 204 valence electrons. The maximum atomic E-state index is 14.3. The number of nitrogens with one attached hydrogen (secondary N) is 1. The average molecular weight is 556 g/mol. The topological polar surface area (TPSA) is 91.6 Å². The maximum absolute atomic E-state index is 14.3. The molecule has 7 nitrogen and oxygen atoms in total. The summed E-state index contributed by atoms with van der Waals surface area (Å²) in [4.78, 5) is 37.1. The molecule has 1 fully saturated rings. The zero-order valence-corrected chi connectivity index (χ0v) is 23.2. The number of para-hydroxylation sites is 2. The number of hydrogen-bond donors (Lipinski definition) is 2. The predicted molar refractivity (Wildman–Crippen MR) is 158 cm³/mol. The molecule has 1 saturated heterocycles. The summed E-state index contributed by atoms with van der Waals surface area (Å²) in [5, 5.41) is 2.74. The number of carbonyl (C=O) groups excluding carboxylic acids is 2. The molecule has 3 N–H and O–H groups in total. The monoisotopic (exact) mass is 555 g/mol. The SMILES string of the molecule is Cc1cccc(F)c1NC(=O)c1cc2c(s1)-c1ccccc1N(C(=O)c1cccc(N3C[C@@H](N)C[C@@H]3C)n1)CC2. The highest BCUT2D eigenvalue weighted by Gasteiger charge is 2.30. The Bertz CT molecular complexity index is 1600. The maximum Gasteiger partial charge on any atom is 0.276 e. The lowest BCUT2D eigenvalue weighted by Gasteiger charge is -2.25. The second-order valence-electron chi connectivity index (χ2n) is 10.5. The van der Waals surface area contributed by atoms with Crippen LogP contribution in [0.1, 0.15) is 44.6 Å². The third-order valence-corrected chi connectivity index (χ3v) is 8.85. The van der Waals surface area contributed by atoms with Crippen molar-refractivity contribution in [3.8, 4) is 10.4 Å². The van der Waals surface area contributed by atoms with Gasteiger partial charge < -0.3 is 20.9 Å². The molecule has 4 aromatic rings. The highest BCUT2D eigenvalue weighted by molar-refractivity contribution is 7.17. The molecule has 0 radical (unpaired) electrons. The molecule has 0 spiro atoms. The van der Waals surface area contributed by atoms with Crippen molar-refractivity contribution in [3.63, 3.8) is 0 Å². The fourth-order valence-corrected chi connectivity index (χ4v) is 6.76. The molecule has 2 atom stereocenters. The number of carbonyl (C=O) groups is 2. The van der Waals surface area contributed by atoms with E-state index in [-0.39, 0.29) is 29.6 Å². The van der Waals surface area contributed by atoms with Crippen LogP contribution in [0.25, 0.3) is 10.4 Å². The number of thiophene rings is 1. The number of aryl methyl sites for hydroxylation is 1. The first kappa shape index (κ1) is 26.2. The fraction of sp³-hybridized carbons (Fsp3) is 0.258. The van der Waals surface area contributed by atoms with E-state index in [1.54, 1.807) is 30.0 Å². The van der Waals surface area contributed by atoms with Crippen LogP contribution in [0, 0.1) is 12.7 Å². The zero-order chi connectivity index (χ0) is 28.0. The van der Waals surface area contributed by atoms with Gasteiger partial charge in [0, 0.05) is 35.6 Å². The summed E-state index contributed by atoms with van der Waals surface area (Å²) < 4.78 is 14.3. The third-order valence-electron chi connectivity index (χ3n) is 7.64. The summed E-state index contributed by atoms with van der Waals surface area (Å²) >= 11 is 1.35. The van der Waals surface area contributed by atoms with Gasteiger partial charge in [0.05, 0.1) is 16.3 Å². The van der Waals surface area contributed by atoms with Crippen molar-refractivity contribution < 1.29 is 14.0 Å². The van der Waals surface area contributed by atoms with Gasteiger partial charge >= 0.3 is 0 Å². The van der Waals surface area contributed by atoms with Crippen LogP contribution in [-0.2, 0) is 6.42 Å². The van der Waals surface area contributed by atoms with E-state index in [4.69, 9.17) is 10.7 Å². The Morgan fingerprint density at radius 3 is 2.67 bits per heavy atom. The number of pyridine rings is 1. The number of amides is 2. The second-order valence-corrected chi connectivity index (χ2v) is 11.5. The molecule has 4 heterocycles. The summed E-state index contributed by atoms with van der Waals surface area (Å²) in [6.07, 6.45) is 1.46. The van der Waals surface area contributed by atoms with Crippen LogP contribution in [0.15, 0.2) is 66.7 Å². The van der Waals surface area contributed by atoms with Crippen molar-refractivity contribution in [2.24, 2.45) is 5.73 Å². The van der Waals surface area contributed by atoms with Crippen LogP contribution in [0.4, 0.5) is 21.6 Å². The molecule has 0 aliphatic carbocycles. The average Bonchev–Trinajstić information content (AvgIpc) is 3.49. The van der Waals surface area contributed by atoms with Gasteiger partial charge in [-0.25, -0.2) is 9.37 Å². The van der Waals surface area contributed by atoms with Gasteiger partial charge in [0.15, 0.2) is 0 Å². The minimum atomic E-state index is -0.467. The Kier molecular flexibility index (Phi) is 6.85. The first-order valence-electron chi connectivity index (χ1n) is 13.4. The van der Waals surface area contributed by atoms with Gasteiger partial charge in [-0.3, -0.25) is 9.59 Å². The Hall–Kier alpha value is -4.08. The van der Waals surface area contributed by atoms with Crippen LogP contribution >= 0.6 is 11.3 Å². The van der Waals surface area contributed by atoms with Crippen molar-refractivity contribution >= 4 is 40.3 Å². The van der Waals surface area contributed by atoms with E-state index in [1.807, 2.05) is 42.5 Å². The second kappa shape index (κ2) is 10.5. The molecule has 9 heteroatoms. The Balaban J connectivity index is 1.30.